The van der Waals surface area contributed by atoms with Crippen molar-refractivity contribution in [2.24, 2.45) is 11.8 Å². The van der Waals surface area contributed by atoms with E-state index in [9.17, 15) is 20.0 Å². The number of hydrogen-bond acceptors (Lipinski definition) is 6. The number of anilines is 1. The van der Waals surface area contributed by atoms with Gasteiger partial charge in [-0.25, -0.2) is 0 Å². The Morgan fingerprint density at radius 1 is 1.11 bits per heavy atom. The summed E-state index contributed by atoms with van der Waals surface area (Å²) >= 11 is 6.21. The number of nitrogens with zero attached hydrogens (tertiary/aromatic N) is 1. The Hall–Kier alpha value is -3.70. The lowest BCUT2D eigenvalue weighted by molar-refractivity contribution is -0.143. The van der Waals surface area contributed by atoms with Crippen molar-refractivity contribution in [1.82, 2.24) is 5.32 Å². The van der Waals surface area contributed by atoms with E-state index in [1.807, 2.05) is 6.07 Å². The summed E-state index contributed by atoms with van der Waals surface area (Å²) < 4.78 is 10.5. The smallest absolute Gasteiger partial charge is 0.306 e. The highest BCUT2D eigenvalue weighted by Crippen LogP contribution is 2.34. The summed E-state index contributed by atoms with van der Waals surface area (Å²) in [7, 11) is 3.00. The maximum absolute atomic E-state index is 13.0. The number of aliphatic carboxylic acids is 1. The molecule has 0 heterocycles. The van der Waals surface area contributed by atoms with E-state index in [2.05, 4.69) is 23.3 Å². The number of carboxylic acid groups (broad SMARTS) is 1. The number of halogens is 1. The molecule has 1 saturated carbocycles. The van der Waals surface area contributed by atoms with Gasteiger partial charge in [0, 0.05) is 29.8 Å². The third-order valence-electron chi connectivity index (χ3n) is 6.21. The minimum absolute atomic E-state index is 0.198. The first-order valence-corrected chi connectivity index (χ1v) is 11.6. The predicted octanol–water partition coefficient (Wildman–Crippen LogP) is 4.82. The van der Waals surface area contributed by atoms with E-state index in [0.717, 1.165) is 5.56 Å². The molecule has 0 aliphatic heterocycles. The zero-order chi connectivity index (χ0) is 25.5. The number of rotatable bonds is 9. The molecule has 0 atom stereocenters. The molecule has 2 aromatic carbocycles. The Morgan fingerprint density at radius 3 is 2.34 bits per heavy atom. The third-order valence-corrected chi connectivity index (χ3v) is 6.51. The van der Waals surface area contributed by atoms with Gasteiger partial charge in [0.1, 0.15) is 17.6 Å². The van der Waals surface area contributed by atoms with Crippen LogP contribution in [0, 0.1) is 23.2 Å². The fraction of sp³-hybridized carbons (Fsp3) is 0.346. The number of carbonyl (C=O) groups excluding carboxylic acids is 1. The molecule has 1 amide bonds. The zero-order valence-corrected chi connectivity index (χ0v) is 20.4. The SMILES string of the molecule is C=C(NCc1ccc(OC)c(Cl)c1)c1cc(C#N)c(OC)cc1NC(=O)C1CCC(C(=O)O)CC1. The number of hydrogen-bond donors (Lipinski definition) is 3. The van der Waals surface area contributed by atoms with E-state index in [4.69, 9.17) is 21.1 Å². The second-order valence-electron chi connectivity index (χ2n) is 8.39. The number of nitriles is 1. The van der Waals surface area contributed by atoms with Crippen LogP contribution in [-0.4, -0.2) is 31.2 Å². The lowest BCUT2D eigenvalue weighted by atomic mass is 9.81. The molecule has 184 valence electrons. The maximum Gasteiger partial charge on any atom is 0.306 e. The van der Waals surface area contributed by atoms with Gasteiger partial charge >= 0.3 is 5.97 Å². The van der Waals surface area contributed by atoms with Crippen molar-refractivity contribution in [3.05, 3.63) is 58.6 Å². The Labute approximate surface area is 209 Å². The predicted molar refractivity (Wildman–Crippen MR) is 133 cm³/mol. The number of carboxylic acids is 1. The summed E-state index contributed by atoms with van der Waals surface area (Å²) in [5.41, 5.74) is 2.71. The summed E-state index contributed by atoms with van der Waals surface area (Å²) in [6, 6.07) is 10.7. The molecule has 0 bridgehead atoms. The van der Waals surface area contributed by atoms with Crippen LogP contribution in [0.2, 0.25) is 5.02 Å². The van der Waals surface area contributed by atoms with E-state index in [-0.39, 0.29) is 11.8 Å². The molecule has 3 N–H and O–H groups in total. The fourth-order valence-electron chi connectivity index (χ4n) is 4.15. The number of benzene rings is 2. The van der Waals surface area contributed by atoms with Gasteiger partial charge in [-0.1, -0.05) is 24.2 Å². The van der Waals surface area contributed by atoms with Gasteiger partial charge in [0.25, 0.3) is 0 Å². The highest BCUT2D eigenvalue weighted by atomic mass is 35.5. The van der Waals surface area contributed by atoms with Crippen molar-refractivity contribution in [1.29, 1.82) is 5.26 Å². The monoisotopic (exact) mass is 497 g/mol. The second-order valence-corrected chi connectivity index (χ2v) is 8.79. The second kappa shape index (κ2) is 11.6. The van der Waals surface area contributed by atoms with E-state index in [1.54, 1.807) is 31.4 Å². The van der Waals surface area contributed by atoms with Gasteiger partial charge in [-0.05, 0) is 49.4 Å². The Morgan fingerprint density at radius 2 is 1.77 bits per heavy atom. The number of methoxy groups -OCH3 is 2. The van der Waals surface area contributed by atoms with Gasteiger partial charge in [-0.3, -0.25) is 9.59 Å². The lowest BCUT2D eigenvalue weighted by Gasteiger charge is -2.26. The average molecular weight is 498 g/mol. The van der Waals surface area contributed by atoms with Crippen LogP contribution in [0.25, 0.3) is 5.70 Å². The third kappa shape index (κ3) is 6.25. The molecule has 8 nitrogen and oxygen atoms in total. The molecule has 0 aromatic heterocycles. The molecule has 0 saturated heterocycles. The molecule has 1 aliphatic rings. The summed E-state index contributed by atoms with van der Waals surface area (Å²) in [5.74, 6) is -0.802. The van der Waals surface area contributed by atoms with Gasteiger partial charge in [0.2, 0.25) is 5.91 Å². The zero-order valence-electron chi connectivity index (χ0n) is 19.7. The molecule has 3 rings (SSSR count). The molecule has 0 radical (unpaired) electrons. The molecule has 1 fully saturated rings. The number of nitrogens with one attached hydrogen (secondary N) is 2. The normalized spacial score (nSPS) is 17.1. The van der Waals surface area contributed by atoms with Crippen molar-refractivity contribution in [2.75, 3.05) is 19.5 Å². The van der Waals surface area contributed by atoms with Crippen molar-refractivity contribution in [3.8, 4) is 17.6 Å². The molecular weight excluding hydrogens is 470 g/mol. The average Bonchev–Trinajstić information content (AvgIpc) is 2.87. The summed E-state index contributed by atoms with van der Waals surface area (Å²) in [4.78, 5) is 24.2. The van der Waals surface area contributed by atoms with Gasteiger partial charge in [0.05, 0.1) is 36.4 Å². The van der Waals surface area contributed by atoms with Gasteiger partial charge < -0.3 is 25.2 Å². The summed E-state index contributed by atoms with van der Waals surface area (Å²) in [6.45, 7) is 4.51. The van der Waals surface area contributed by atoms with Crippen molar-refractivity contribution < 1.29 is 24.2 Å². The van der Waals surface area contributed by atoms with Crippen LogP contribution in [0.3, 0.4) is 0 Å². The van der Waals surface area contributed by atoms with Gasteiger partial charge in [-0.2, -0.15) is 5.26 Å². The van der Waals surface area contributed by atoms with Crippen LogP contribution in [0.5, 0.6) is 11.5 Å². The molecule has 1 aliphatic carbocycles. The van der Waals surface area contributed by atoms with Crippen molar-refractivity contribution >= 4 is 34.9 Å². The molecule has 0 spiro atoms. The van der Waals surface area contributed by atoms with Crippen molar-refractivity contribution in [2.45, 2.75) is 32.2 Å². The van der Waals surface area contributed by atoms with E-state index >= 15 is 0 Å². The van der Waals surface area contributed by atoms with Gasteiger partial charge in [-0.15, -0.1) is 0 Å². The van der Waals surface area contributed by atoms with Crippen molar-refractivity contribution in [3.63, 3.8) is 0 Å². The van der Waals surface area contributed by atoms with E-state index < -0.39 is 11.9 Å². The molecule has 9 heteroatoms. The highest BCUT2D eigenvalue weighted by molar-refractivity contribution is 6.32. The van der Waals surface area contributed by atoms with Crippen LogP contribution in [0.4, 0.5) is 5.69 Å². The quantitative estimate of drug-likeness (QED) is 0.454. The number of ether oxygens (including phenoxy) is 2. The van der Waals surface area contributed by atoms with Crippen LogP contribution in [0.15, 0.2) is 36.9 Å². The first kappa shape index (κ1) is 25.9. The first-order chi connectivity index (χ1) is 16.8. The topological polar surface area (TPSA) is 121 Å². The molecule has 2 aromatic rings. The number of carbonyl (C=O) groups is 2. The van der Waals surface area contributed by atoms with Crippen LogP contribution >= 0.6 is 11.6 Å². The Bertz CT molecular complexity index is 1170. The molecule has 35 heavy (non-hydrogen) atoms. The van der Waals surface area contributed by atoms with Crippen LogP contribution < -0.4 is 20.1 Å². The molecule has 0 unspecified atom stereocenters. The molecular formula is C26H28ClN3O5. The minimum atomic E-state index is -0.816. The Balaban J connectivity index is 1.79. The summed E-state index contributed by atoms with van der Waals surface area (Å²) in [6.07, 6.45) is 1.94. The largest absolute Gasteiger partial charge is 0.495 e. The number of amides is 1. The van der Waals surface area contributed by atoms with Crippen LogP contribution in [-0.2, 0) is 16.1 Å². The van der Waals surface area contributed by atoms with E-state index in [0.29, 0.717) is 71.3 Å². The summed E-state index contributed by atoms with van der Waals surface area (Å²) in [5, 5.41) is 25.4. The van der Waals surface area contributed by atoms with Crippen LogP contribution in [0.1, 0.15) is 42.4 Å². The minimum Gasteiger partial charge on any atom is -0.495 e. The first-order valence-electron chi connectivity index (χ1n) is 11.2. The fourth-order valence-corrected chi connectivity index (χ4v) is 4.43. The highest BCUT2D eigenvalue weighted by Gasteiger charge is 2.30. The maximum atomic E-state index is 13.0. The van der Waals surface area contributed by atoms with Gasteiger partial charge in [0.15, 0.2) is 0 Å². The van der Waals surface area contributed by atoms with E-state index in [1.165, 1.54) is 7.11 Å². The Kier molecular flexibility index (Phi) is 8.61. The lowest BCUT2D eigenvalue weighted by Crippen LogP contribution is -2.30. The standard InChI is InChI=1S/C26H28ClN3O5/c1-15(29-14-16-4-9-23(34-2)21(27)10-16)20-11-19(13-28)24(35-3)12-22(20)30-25(31)17-5-7-18(8-6-17)26(32)33/h4,9-12,17-18,29H,1,5-8,14H2,2-3H3,(H,30,31)(H,32,33).